The molecule has 0 rings (SSSR count). The number of nitrogens with two attached hydrogens (primary N) is 1. The van der Waals surface area contributed by atoms with Crippen LogP contribution in [0, 0.1) is 5.92 Å². The lowest BCUT2D eigenvalue weighted by molar-refractivity contribution is 0.344. The number of rotatable bonds is 3. The van der Waals surface area contributed by atoms with Gasteiger partial charge in [-0.1, -0.05) is 34.6 Å². The van der Waals surface area contributed by atoms with Gasteiger partial charge in [-0.05, 0) is 26.6 Å². The molecule has 0 aliphatic carbocycles. The van der Waals surface area contributed by atoms with Gasteiger partial charge in [-0.2, -0.15) is 0 Å². The predicted molar refractivity (Wildman–Crippen MR) is 59.5 cm³/mol. The van der Waals surface area contributed by atoms with Crippen LogP contribution in [-0.4, -0.2) is 32.1 Å². The van der Waals surface area contributed by atoms with E-state index in [0.717, 1.165) is 13.1 Å². The van der Waals surface area contributed by atoms with Crippen molar-refractivity contribution in [3.63, 3.8) is 0 Å². The molecule has 0 spiro atoms. The summed E-state index contributed by atoms with van der Waals surface area (Å²) in [6.07, 6.45) is 0. The lowest BCUT2D eigenvalue weighted by Crippen LogP contribution is -2.24. The van der Waals surface area contributed by atoms with E-state index in [2.05, 4.69) is 25.9 Å². The van der Waals surface area contributed by atoms with Crippen LogP contribution in [-0.2, 0) is 0 Å². The van der Waals surface area contributed by atoms with Gasteiger partial charge in [0.15, 0.2) is 0 Å². The molecule has 0 aromatic heterocycles. The molecule has 2 nitrogen and oxygen atoms in total. The van der Waals surface area contributed by atoms with Crippen LogP contribution in [0.2, 0.25) is 0 Å². The van der Waals surface area contributed by atoms with Crippen molar-refractivity contribution < 1.29 is 0 Å². The van der Waals surface area contributed by atoms with Crippen molar-refractivity contribution in [2.45, 2.75) is 34.6 Å². The second kappa shape index (κ2) is 17.1. The Morgan fingerprint density at radius 2 is 1.42 bits per heavy atom. The van der Waals surface area contributed by atoms with Crippen LogP contribution in [0.4, 0.5) is 0 Å². The van der Waals surface area contributed by atoms with Gasteiger partial charge in [0.05, 0.1) is 0 Å². The minimum Gasteiger partial charge on any atom is -0.330 e. The molecule has 0 aliphatic heterocycles. The summed E-state index contributed by atoms with van der Waals surface area (Å²) in [4.78, 5) is 2.15. The molecule has 0 aromatic rings. The highest BCUT2D eigenvalue weighted by molar-refractivity contribution is 4.54. The van der Waals surface area contributed by atoms with Crippen LogP contribution in [0.15, 0.2) is 0 Å². The highest BCUT2D eigenvalue weighted by atomic mass is 15.1. The molecule has 0 saturated heterocycles. The summed E-state index contributed by atoms with van der Waals surface area (Å²) < 4.78 is 0. The molecule has 0 bridgehead atoms. The van der Waals surface area contributed by atoms with Crippen LogP contribution >= 0.6 is 0 Å². The molecule has 2 heteroatoms. The van der Waals surface area contributed by atoms with Gasteiger partial charge in [0.1, 0.15) is 0 Å². The lowest BCUT2D eigenvalue weighted by atomic mass is 10.2. The fraction of sp³-hybridized carbons (Fsp3) is 1.00. The average molecular weight is 176 g/mol. The molecule has 0 amide bonds. The zero-order valence-corrected chi connectivity index (χ0v) is 10.0. The number of hydrogen-bond acceptors (Lipinski definition) is 2. The van der Waals surface area contributed by atoms with E-state index in [1.807, 2.05) is 27.7 Å². The molecular formula is C10H28N2. The quantitative estimate of drug-likeness (QED) is 0.714. The van der Waals surface area contributed by atoms with Gasteiger partial charge in [0.25, 0.3) is 0 Å². The zero-order chi connectivity index (χ0) is 10.6. The third kappa shape index (κ3) is 22.5. The first kappa shape index (κ1) is 17.9. The molecule has 0 radical (unpaired) electrons. The zero-order valence-electron chi connectivity index (χ0n) is 10.0. The highest BCUT2D eigenvalue weighted by Crippen LogP contribution is 1.90. The van der Waals surface area contributed by atoms with Crippen molar-refractivity contribution in [1.29, 1.82) is 0 Å². The molecule has 0 saturated carbocycles. The van der Waals surface area contributed by atoms with Gasteiger partial charge in [-0.25, -0.2) is 0 Å². The molecule has 78 valence electrons. The SMILES string of the molecule is CC.CC.CC(CN)CN(C)C. The Balaban J connectivity index is -0.000000175. The van der Waals surface area contributed by atoms with Gasteiger partial charge in [0, 0.05) is 6.54 Å². The van der Waals surface area contributed by atoms with Crippen LogP contribution < -0.4 is 5.73 Å². The van der Waals surface area contributed by atoms with Gasteiger partial charge in [-0.15, -0.1) is 0 Å². The Morgan fingerprint density at radius 1 is 1.08 bits per heavy atom. The van der Waals surface area contributed by atoms with Crippen molar-refractivity contribution in [3.8, 4) is 0 Å². The van der Waals surface area contributed by atoms with E-state index in [1.54, 1.807) is 0 Å². The minimum absolute atomic E-state index is 0.630. The van der Waals surface area contributed by atoms with Crippen molar-refractivity contribution in [3.05, 3.63) is 0 Å². The average Bonchev–Trinajstić information content (AvgIpc) is 2.10. The number of hydrogen-bond donors (Lipinski definition) is 1. The van der Waals surface area contributed by atoms with Gasteiger partial charge < -0.3 is 10.6 Å². The van der Waals surface area contributed by atoms with E-state index < -0.39 is 0 Å². The van der Waals surface area contributed by atoms with Crippen LogP contribution in [0.3, 0.4) is 0 Å². The first-order valence-corrected chi connectivity index (χ1v) is 5.01. The summed E-state index contributed by atoms with van der Waals surface area (Å²) in [5.41, 5.74) is 5.39. The van der Waals surface area contributed by atoms with E-state index in [9.17, 15) is 0 Å². The summed E-state index contributed by atoms with van der Waals surface area (Å²) in [6.45, 7) is 12.0. The van der Waals surface area contributed by atoms with Gasteiger partial charge in [-0.3, -0.25) is 0 Å². The fourth-order valence-corrected chi connectivity index (χ4v) is 0.698. The normalized spacial score (nSPS) is 10.8. The summed E-state index contributed by atoms with van der Waals surface area (Å²) in [5, 5.41) is 0. The highest BCUT2D eigenvalue weighted by Gasteiger charge is 1.97. The predicted octanol–water partition coefficient (Wildman–Crippen LogP) is 2.20. The summed E-state index contributed by atoms with van der Waals surface area (Å²) >= 11 is 0. The molecular weight excluding hydrogens is 148 g/mol. The Morgan fingerprint density at radius 3 is 1.50 bits per heavy atom. The standard InChI is InChI=1S/C6H16N2.2C2H6/c1-6(4-7)5-8(2)3;2*1-2/h6H,4-5,7H2,1-3H3;2*1-2H3. The summed E-state index contributed by atoms with van der Waals surface area (Å²) in [6, 6.07) is 0. The van der Waals surface area contributed by atoms with Crippen molar-refractivity contribution in [1.82, 2.24) is 4.90 Å². The van der Waals surface area contributed by atoms with Crippen molar-refractivity contribution >= 4 is 0 Å². The van der Waals surface area contributed by atoms with Crippen LogP contribution in [0.5, 0.6) is 0 Å². The Kier molecular flexibility index (Phi) is 25.5. The molecule has 1 atom stereocenters. The Hall–Kier alpha value is -0.0800. The second-order valence-electron chi connectivity index (χ2n) is 2.60. The lowest BCUT2D eigenvalue weighted by Gasteiger charge is -2.13. The molecule has 0 aliphatic rings. The topological polar surface area (TPSA) is 29.3 Å². The Labute approximate surface area is 79.1 Å². The molecule has 2 N–H and O–H groups in total. The Bertz CT molecular complexity index is 53.8. The first-order valence-electron chi connectivity index (χ1n) is 5.01. The maximum Gasteiger partial charge on any atom is 0.00130 e. The van der Waals surface area contributed by atoms with Crippen molar-refractivity contribution in [2.75, 3.05) is 27.2 Å². The largest absolute Gasteiger partial charge is 0.330 e. The van der Waals surface area contributed by atoms with E-state index in [4.69, 9.17) is 5.73 Å². The van der Waals surface area contributed by atoms with Crippen LogP contribution in [0.25, 0.3) is 0 Å². The monoisotopic (exact) mass is 176 g/mol. The van der Waals surface area contributed by atoms with E-state index in [-0.39, 0.29) is 0 Å². The van der Waals surface area contributed by atoms with E-state index in [1.165, 1.54) is 0 Å². The summed E-state index contributed by atoms with van der Waals surface area (Å²) in [5.74, 6) is 0.630. The van der Waals surface area contributed by atoms with Crippen LogP contribution in [0.1, 0.15) is 34.6 Å². The third-order valence-electron chi connectivity index (χ3n) is 1.08. The fourth-order valence-electron chi connectivity index (χ4n) is 0.698. The third-order valence-corrected chi connectivity index (χ3v) is 1.08. The molecule has 0 fully saturated rings. The maximum absolute atomic E-state index is 5.39. The first-order chi connectivity index (χ1) is 5.66. The molecule has 0 aromatic carbocycles. The summed E-state index contributed by atoms with van der Waals surface area (Å²) in [7, 11) is 4.12. The van der Waals surface area contributed by atoms with Crippen molar-refractivity contribution in [2.24, 2.45) is 11.7 Å². The minimum atomic E-state index is 0.630. The number of nitrogens with zero attached hydrogens (tertiary/aromatic N) is 1. The molecule has 0 heterocycles. The van der Waals surface area contributed by atoms with Gasteiger partial charge >= 0.3 is 0 Å². The van der Waals surface area contributed by atoms with E-state index >= 15 is 0 Å². The van der Waals surface area contributed by atoms with E-state index in [0.29, 0.717) is 5.92 Å². The molecule has 1 unspecified atom stereocenters. The smallest absolute Gasteiger partial charge is 0.00130 e. The van der Waals surface area contributed by atoms with Gasteiger partial charge in [0.2, 0.25) is 0 Å². The molecule has 12 heavy (non-hydrogen) atoms. The second-order valence-corrected chi connectivity index (χ2v) is 2.60. The maximum atomic E-state index is 5.39.